The van der Waals surface area contributed by atoms with E-state index in [9.17, 15) is 25.0 Å². The Morgan fingerprint density at radius 2 is 1.73 bits per heavy atom. The van der Waals surface area contributed by atoms with Crippen LogP contribution in [0.5, 0.6) is 0 Å². The minimum Gasteiger partial charge on any atom is -0.349 e. The van der Waals surface area contributed by atoms with E-state index in [0.717, 1.165) is 18.2 Å². The van der Waals surface area contributed by atoms with Crippen LogP contribution in [0, 0.1) is 20.2 Å². The van der Waals surface area contributed by atoms with Gasteiger partial charge in [-0.1, -0.05) is 12.0 Å². The highest BCUT2D eigenvalue weighted by atomic mass is 16.6. The lowest BCUT2D eigenvalue weighted by Gasteiger charge is -2.16. The Balaban J connectivity index is 3.09. The lowest BCUT2D eigenvalue weighted by atomic mass is 10.1. The van der Waals surface area contributed by atoms with Gasteiger partial charge in [0, 0.05) is 23.1 Å². The van der Waals surface area contributed by atoms with E-state index in [1.807, 2.05) is 0 Å². The van der Waals surface area contributed by atoms with E-state index in [-0.39, 0.29) is 5.56 Å². The highest BCUT2D eigenvalue weighted by molar-refractivity contribution is 5.95. The minimum absolute atomic E-state index is 0.221. The molecule has 1 rings (SSSR count). The Bertz CT molecular complexity index is 637. The topological polar surface area (TPSA) is 164 Å². The van der Waals surface area contributed by atoms with Gasteiger partial charge in [-0.3, -0.25) is 25.0 Å². The minimum atomic E-state index is -0.824. The highest BCUT2D eigenvalue weighted by Gasteiger charge is 2.21. The number of nitrogens with zero attached hydrogens (tertiary/aromatic N) is 5. The van der Waals surface area contributed by atoms with Gasteiger partial charge in [0.2, 0.25) is 0 Å². The zero-order valence-corrected chi connectivity index (χ0v) is 11.7. The smallest absolute Gasteiger partial charge is 0.277 e. The lowest BCUT2D eigenvalue weighted by Crippen LogP contribution is -2.38. The zero-order valence-electron chi connectivity index (χ0n) is 11.7. The summed E-state index contributed by atoms with van der Waals surface area (Å²) in [6, 6.07) is 1.54. The zero-order chi connectivity index (χ0) is 16.9. The van der Waals surface area contributed by atoms with Gasteiger partial charge < -0.3 is 5.32 Å². The van der Waals surface area contributed by atoms with Crippen molar-refractivity contribution in [3.05, 3.63) is 54.4 Å². The molecule has 22 heavy (non-hydrogen) atoms. The summed E-state index contributed by atoms with van der Waals surface area (Å²) < 4.78 is 0. The van der Waals surface area contributed by atoms with Crippen molar-refractivity contribution in [3.63, 3.8) is 0 Å². The normalized spacial score (nSPS) is 12.6. The number of carbonyl (C=O) groups is 1. The summed E-state index contributed by atoms with van der Waals surface area (Å²) in [4.78, 5) is 34.5. The third-order valence-corrected chi connectivity index (χ3v) is 2.90. The second-order valence-electron chi connectivity index (χ2n) is 4.46. The Hall–Kier alpha value is -3.20. The van der Waals surface area contributed by atoms with Crippen molar-refractivity contribution in [2.24, 2.45) is 5.11 Å². The molecule has 1 N–H and O–H groups in total. The van der Waals surface area contributed by atoms with Gasteiger partial charge in [-0.25, -0.2) is 0 Å². The number of carbonyl (C=O) groups excluding carboxylic acids is 1. The molecule has 0 aliphatic rings. The van der Waals surface area contributed by atoms with Crippen LogP contribution >= 0.6 is 0 Å². The molecular formula is C11H12N6O5. The van der Waals surface area contributed by atoms with Gasteiger partial charge in [-0.15, -0.1) is 0 Å². The van der Waals surface area contributed by atoms with Crippen molar-refractivity contribution in [1.82, 2.24) is 5.32 Å². The number of benzene rings is 1. The predicted molar refractivity (Wildman–Crippen MR) is 75.3 cm³/mol. The number of azide groups is 1. The third-order valence-electron chi connectivity index (χ3n) is 2.90. The first-order valence-electron chi connectivity index (χ1n) is 6.05. The predicted octanol–water partition coefficient (Wildman–Crippen LogP) is 2.32. The summed E-state index contributed by atoms with van der Waals surface area (Å²) in [5.74, 6) is -0.737. The van der Waals surface area contributed by atoms with Gasteiger partial charge in [0.05, 0.1) is 27.5 Å². The van der Waals surface area contributed by atoms with Gasteiger partial charge in [0.25, 0.3) is 17.3 Å². The van der Waals surface area contributed by atoms with Crippen molar-refractivity contribution < 1.29 is 14.6 Å². The van der Waals surface area contributed by atoms with Crippen LogP contribution in [0.25, 0.3) is 10.4 Å². The van der Waals surface area contributed by atoms with E-state index >= 15 is 0 Å². The monoisotopic (exact) mass is 308 g/mol. The first-order chi connectivity index (χ1) is 10.3. The molecule has 11 nitrogen and oxygen atoms in total. The molecule has 116 valence electrons. The van der Waals surface area contributed by atoms with Crippen LogP contribution in [-0.2, 0) is 0 Å². The summed E-state index contributed by atoms with van der Waals surface area (Å²) in [5, 5.41) is 27.4. The molecule has 0 radical (unpaired) electrons. The van der Waals surface area contributed by atoms with Crippen molar-refractivity contribution in [3.8, 4) is 0 Å². The molecule has 0 heterocycles. The highest BCUT2D eigenvalue weighted by Crippen LogP contribution is 2.22. The van der Waals surface area contributed by atoms with E-state index in [4.69, 9.17) is 5.53 Å². The molecule has 0 fully saturated rings. The Kier molecular flexibility index (Phi) is 5.36. The van der Waals surface area contributed by atoms with Crippen molar-refractivity contribution in [1.29, 1.82) is 0 Å². The van der Waals surface area contributed by atoms with E-state index in [1.54, 1.807) is 13.8 Å². The van der Waals surface area contributed by atoms with Crippen molar-refractivity contribution >= 4 is 17.3 Å². The molecular weight excluding hydrogens is 296 g/mol. The largest absolute Gasteiger partial charge is 0.349 e. The van der Waals surface area contributed by atoms with Crippen LogP contribution in [0.3, 0.4) is 0 Å². The van der Waals surface area contributed by atoms with Crippen LogP contribution in [0.2, 0.25) is 0 Å². The van der Waals surface area contributed by atoms with Gasteiger partial charge in [0.1, 0.15) is 0 Å². The molecule has 0 aliphatic heterocycles. The molecule has 0 unspecified atom stereocenters. The summed E-state index contributed by atoms with van der Waals surface area (Å²) in [6.45, 7) is 3.14. The third kappa shape index (κ3) is 4.15. The van der Waals surface area contributed by atoms with Crippen LogP contribution in [-0.4, -0.2) is 27.8 Å². The van der Waals surface area contributed by atoms with Crippen LogP contribution in [0.1, 0.15) is 24.2 Å². The Morgan fingerprint density at radius 3 is 2.14 bits per heavy atom. The number of hydrogen-bond acceptors (Lipinski definition) is 6. The van der Waals surface area contributed by atoms with Crippen molar-refractivity contribution in [2.45, 2.75) is 25.9 Å². The number of amides is 1. The van der Waals surface area contributed by atoms with E-state index < -0.39 is 39.2 Å². The molecule has 0 bridgehead atoms. The van der Waals surface area contributed by atoms with Crippen LogP contribution < -0.4 is 5.32 Å². The second kappa shape index (κ2) is 6.99. The molecule has 0 aromatic heterocycles. The molecule has 1 amide bonds. The second-order valence-corrected chi connectivity index (χ2v) is 4.46. The number of nitro groups is 2. The maximum Gasteiger partial charge on any atom is 0.277 e. The number of non-ortho nitro benzene ring substituents is 2. The molecule has 0 saturated carbocycles. The molecule has 0 saturated heterocycles. The SMILES string of the molecule is C[C@H](N=[N+]=[N-])[C@H](C)NC(=O)c1cc([N+](=O)[O-])cc([N+](=O)[O-])c1. The molecule has 0 spiro atoms. The number of hydrogen-bond donors (Lipinski definition) is 1. The molecule has 1 aromatic carbocycles. The summed E-state index contributed by atoms with van der Waals surface area (Å²) in [7, 11) is 0. The summed E-state index contributed by atoms with van der Waals surface area (Å²) in [5.41, 5.74) is 6.99. The van der Waals surface area contributed by atoms with Crippen LogP contribution in [0.15, 0.2) is 23.3 Å². The van der Waals surface area contributed by atoms with E-state index in [2.05, 4.69) is 15.3 Å². The fraction of sp³-hybridized carbons (Fsp3) is 0.364. The maximum absolute atomic E-state index is 12.0. The standard InChI is InChI=1S/C11H12N6O5/c1-6(7(2)14-15-12)13-11(18)8-3-9(16(19)20)5-10(4-8)17(21)22/h3-7H,1-2H3,(H,13,18)/t6-,7-/m0/s1. The molecule has 1 aromatic rings. The fourth-order valence-corrected chi connectivity index (χ4v) is 1.53. The molecule has 0 aliphatic carbocycles. The fourth-order valence-electron chi connectivity index (χ4n) is 1.53. The first kappa shape index (κ1) is 16.9. The number of nitro benzene ring substituents is 2. The quantitative estimate of drug-likeness (QED) is 0.279. The van der Waals surface area contributed by atoms with Gasteiger partial charge in [0.15, 0.2) is 0 Å². The number of rotatable bonds is 6. The molecule has 11 heteroatoms. The average molecular weight is 308 g/mol. The van der Waals surface area contributed by atoms with E-state index in [0.29, 0.717) is 0 Å². The Labute approximate surface area is 123 Å². The van der Waals surface area contributed by atoms with Crippen molar-refractivity contribution in [2.75, 3.05) is 0 Å². The number of nitrogens with one attached hydrogen (secondary N) is 1. The average Bonchev–Trinajstić information content (AvgIpc) is 2.46. The van der Waals surface area contributed by atoms with Gasteiger partial charge in [-0.2, -0.15) is 0 Å². The Morgan fingerprint density at radius 1 is 1.23 bits per heavy atom. The maximum atomic E-state index is 12.0. The molecule has 2 atom stereocenters. The lowest BCUT2D eigenvalue weighted by molar-refractivity contribution is -0.394. The van der Waals surface area contributed by atoms with Gasteiger partial charge >= 0.3 is 0 Å². The first-order valence-corrected chi connectivity index (χ1v) is 6.05. The van der Waals surface area contributed by atoms with Crippen LogP contribution in [0.4, 0.5) is 11.4 Å². The summed E-state index contributed by atoms with van der Waals surface area (Å²) >= 11 is 0. The van der Waals surface area contributed by atoms with E-state index in [1.165, 1.54) is 0 Å². The van der Waals surface area contributed by atoms with Gasteiger partial charge in [-0.05, 0) is 12.5 Å². The summed E-state index contributed by atoms with van der Waals surface area (Å²) in [6.07, 6.45) is 0.